The van der Waals surface area contributed by atoms with Gasteiger partial charge in [-0.2, -0.15) is 0 Å². The van der Waals surface area contributed by atoms with Gasteiger partial charge in [-0.25, -0.2) is 4.98 Å². The standard InChI is InChI=1S/C18H18N2O3/c1-12-19-16-11-13(3-9-17(16)23-12)4-10-18(21)20-14-5-7-15(22-2)8-6-14/h3,5-9,11H,4,10H2,1-2H3,(H,20,21). The monoisotopic (exact) mass is 310 g/mol. The van der Waals surface area contributed by atoms with Gasteiger partial charge in [-0.1, -0.05) is 6.07 Å². The third-order valence-electron chi connectivity index (χ3n) is 3.57. The van der Waals surface area contributed by atoms with Crippen molar-refractivity contribution in [3.05, 3.63) is 53.9 Å². The Morgan fingerprint density at radius 1 is 1.22 bits per heavy atom. The number of hydrogen-bond donors (Lipinski definition) is 1. The van der Waals surface area contributed by atoms with Crippen molar-refractivity contribution in [1.29, 1.82) is 0 Å². The highest BCUT2D eigenvalue weighted by Gasteiger charge is 2.06. The molecule has 0 spiro atoms. The molecule has 0 aliphatic carbocycles. The maximum absolute atomic E-state index is 12.0. The molecule has 0 fully saturated rings. The summed E-state index contributed by atoms with van der Waals surface area (Å²) in [7, 11) is 1.61. The van der Waals surface area contributed by atoms with E-state index in [9.17, 15) is 4.79 Å². The Bertz CT molecular complexity index is 822. The maximum Gasteiger partial charge on any atom is 0.224 e. The second-order valence-electron chi connectivity index (χ2n) is 5.31. The predicted molar refractivity (Wildman–Crippen MR) is 88.7 cm³/mol. The zero-order valence-electron chi connectivity index (χ0n) is 13.1. The second kappa shape index (κ2) is 6.52. The van der Waals surface area contributed by atoms with Crippen molar-refractivity contribution in [2.24, 2.45) is 0 Å². The number of anilines is 1. The first-order valence-corrected chi connectivity index (χ1v) is 7.44. The normalized spacial score (nSPS) is 10.7. The molecule has 0 saturated carbocycles. The van der Waals surface area contributed by atoms with E-state index in [1.54, 1.807) is 7.11 Å². The van der Waals surface area contributed by atoms with Crippen LogP contribution in [0.25, 0.3) is 11.1 Å². The maximum atomic E-state index is 12.0. The van der Waals surface area contributed by atoms with E-state index < -0.39 is 0 Å². The van der Waals surface area contributed by atoms with Gasteiger partial charge in [0.25, 0.3) is 0 Å². The van der Waals surface area contributed by atoms with Gasteiger partial charge in [0.05, 0.1) is 7.11 Å². The Balaban J connectivity index is 1.58. The number of nitrogens with one attached hydrogen (secondary N) is 1. The molecule has 3 aromatic rings. The van der Waals surface area contributed by atoms with E-state index >= 15 is 0 Å². The Kier molecular flexibility index (Phi) is 4.28. The molecule has 0 aliphatic rings. The number of amides is 1. The van der Waals surface area contributed by atoms with Gasteiger partial charge in [-0.3, -0.25) is 4.79 Å². The number of carbonyl (C=O) groups excluding carboxylic acids is 1. The van der Waals surface area contributed by atoms with E-state index in [1.807, 2.05) is 49.4 Å². The average Bonchev–Trinajstić information content (AvgIpc) is 2.93. The fourth-order valence-corrected chi connectivity index (χ4v) is 2.40. The SMILES string of the molecule is COc1ccc(NC(=O)CCc2ccc3oc(C)nc3c2)cc1. The summed E-state index contributed by atoms with van der Waals surface area (Å²) in [5, 5.41) is 2.88. The van der Waals surface area contributed by atoms with Crippen LogP contribution in [0.15, 0.2) is 46.9 Å². The van der Waals surface area contributed by atoms with Gasteiger partial charge in [0.1, 0.15) is 11.3 Å². The van der Waals surface area contributed by atoms with Crippen molar-refractivity contribution < 1.29 is 13.9 Å². The topological polar surface area (TPSA) is 64.4 Å². The fraction of sp³-hybridized carbons (Fsp3) is 0.222. The largest absolute Gasteiger partial charge is 0.497 e. The zero-order chi connectivity index (χ0) is 16.2. The number of hydrogen-bond acceptors (Lipinski definition) is 4. The number of rotatable bonds is 5. The minimum Gasteiger partial charge on any atom is -0.497 e. The number of fused-ring (bicyclic) bond motifs is 1. The molecule has 5 heteroatoms. The Morgan fingerprint density at radius 3 is 2.74 bits per heavy atom. The van der Waals surface area contributed by atoms with E-state index in [4.69, 9.17) is 9.15 Å². The number of carbonyl (C=O) groups is 1. The third kappa shape index (κ3) is 3.69. The summed E-state index contributed by atoms with van der Waals surface area (Å²) in [5.41, 5.74) is 3.43. The number of nitrogens with zero attached hydrogens (tertiary/aromatic N) is 1. The van der Waals surface area contributed by atoms with Crippen LogP contribution in [0.1, 0.15) is 17.9 Å². The molecule has 2 aromatic carbocycles. The summed E-state index contributed by atoms with van der Waals surface area (Å²) in [6.07, 6.45) is 1.07. The first kappa shape index (κ1) is 15.1. The molecular weight excluding hydrogens is 292 g/mol. The van der Waals surface area contributed by atoms with Gasteiger partial charge < -0.3 is 14.5 Å². The molecule has 3 rings (SSSR count). The molecule has 23 heavy (non-hydrogen) atoms. The number of methoxy groups -OCH3 is 1. The lowest BCUT2D eigenvalue weighted by Gasteiger charge is -2.06. The number of aryl methyl sites for hydroxylation is 2. The summed E-state index contributed by atoms with van der Waals surface area (Å²) in [5.74, 6) is 1.39. The molecule has 1 aromatic heterocycles. The summed E-state index contributed by atoms with van der Waals surface area (Å²) in [6.45, 7) is 1.82. The van der Waals surface area contributed by atoms with Crippen molar-refractivity contribution >= 4 is 22.7 Å². The van der Waals surface area contributed by atoms with Crippen LogP contribution in [0.4, 0.5) is 5.69 Å². The molecule has 118 valence electrons. The molecule has 1 heterocycles. The van der Waals surface area contributed by atoms with Gasteiger partial charge in [-0.05, 0) is 48.4 Å². The average molecular weight is 310 g/mol. The molecule has 1 N–H and O–H groups in total. The van der Waals surface area contributed by atoms with E-state index in [0.29, 0.717) is 18.7 Å². The minimum atomic E-state index is -0.0217. The summed E-state index contributed by atoms with van der Waals surface area (Å²) in [4.78, 5) is 16.3. The van der Waals surface area contributed by atoms with Gasteiger partial charge in [0.2, 0.25) is 5.91 Å². The van der Waals surface area contributed by atoms with Crippen molar-refractivity contribution in [3.63, 3.8) is 0 Å². The van der Waals surface area contributed by atoms with Crippen LogP contribution in [0, 0.1) is 6.92 Å². The highest BCUT2D eigenvalue weighted by molar-refractivity contribution is 5.90. The Morgan fingerprint density at radius 2 is 2.00 bits per heavy atom. The molecule has 0 aliphatic heterocycles. The van der Waals surface area contributed by atoms with Crippen LogP contribution in [0.3, 0.4) is 0 Å². The first-order chi connectivity index (χ1) is 11.1. The highest BCUT2D eigenvalue weighted by atomic mass is 16.5. The molecule has 0 radical (unpaired) electrons. The fourth-order valence-electron chi connectivity index (χ4n) is 2.40. The summed E-state index contributed by atoms with van der Waals surface area (Å²) < 4.78 is 10.5. The van der Waals surface area contributed by atoms with Gasteiger partial charge in [0, 0.05) is 19.0 Å². The predicted octanol–water partition coefficient (Wildman–Crippen LogP) is 3.72. The minimum absolute atomic E-state index is 0.0217. The molecule has 0 unspecified atom stereocenters. The van der Waals surface area contributed by atoms with E-state index in [2.05, 4.69) is 10.3 Å². The van der Waals surface area contributed by atoms with Gasteiger partial charge in [0.15, 0.2) is 11.5 Å². The highest BCUT2D eigenvalue weighted by Crippen LogP contribution is 2.18. The van der Waals surface area contributed by atoms with Crippen LogP contribution in [-0.4, -0.2) is 18.0 Å². The lowest BCUT2D eigenvalue weighted by Crippen LogP contribution is -2.12. The van der Waals surface area contributed by atoms with Crippen LogP contribution >= 0.6 is 0 Å². The van der Waals surface area contributed by atoms with E-state index in [0.717, 1.165) is 28.1 Å². The Labute approximate surface area is 134 Å². The molecule has 1 amide bonds. The van der Waals surface area contributed by atoms with Crippen molar-refractivity contribution in [2.75, 3.05) is 12.4 Å². The van der Waals surface area contributed by atoms with E-state index in [1.165, 1.54) is 0 Å². The van der Waals surface area contributed by atoms with Crippen LogP contribution < -0.4 is 10.1 Å². The van der Waals surface area contributed by atoms with Gasteiger partial charge in [-0.15, -0.1) is 0 Å². The number of oxazole rings is 1. The molecule has 0 saturated heterocycles. The number of aromatic nitrogens is 1. The zero-order valence-corrected chi connectivity index (χ0v) is 13.1. The van der Waals surface area contributed by atoms with E-state index in [-0.39, 0.29) is 5.91 Å². The van der Waals surface area contributed by atoms with Crippen molar-refractivity contribution in [3.8, 4) is 5.75 Å². The second-order valence-corrected chi connectivity index (χ2v) is 5.31. The molecular formula is C18H18N2O3. The lowest BCUT2D eigenvalue weighted by atomic mass is 10.1. The van der Waals surface area contributed by atoms with Crippen LogP contribution in [0.2, 0.25) is 0 Å². The number of ether oxygens (including phenoxy) is 1. The third-order valence-corrected chi connectivity index (χ3v) is 3.57. The summed E-state index contributed by atoms with van der Waals surface area (Å²) in [6, 6.07) is 13.1. The smallest absolute Gasteiger partial charge is 0.224 e. The molecule has 0 bridgehead atoms. The van der Waals surface area contributed by atoms with Crippen LogP contribution in [-0.2, 0) is 11.2 Å². The first-order valence-electron chi connectivity index (χ1n) is 7.44. The van der Waals surface area contributed by atoms with Crippen molar-refractivity contribution in [2.45, 2.75) is 19.8 Å². The lowest BCUT2D eigenvalue weighted by molar-refractivity contribution is -0.116. The molecule has 5 nitrogen and oxygen atoms in total. The van der Waals surface area contributed by atoms with Gasteiger partial charge >= 0.3 is 0 Å². The quantitative estimate of drug-likeness (QED) is 0.780. The Hall–Kier alpha value is -2.82. The summed E-state index contributed by atoms with van der Waals surface area (Å²) >= 11 is 0. The number of benzene rings is 2. The molecule has 0 atom stereocenters. The van der Waals surface area contributed by atoms with Crippen molar-refractivity contribution in [1.82, 2.24) is 4.98 Å². The van der Waals surface area contributed by atoms with Crippen LogP contribution in [0.5, 0.6) is 5.75 Å².